The van der Waals surface area contributed by atoms with Crippen LogP contribution >= 0.6 is 0 Å². The minimum atomic E-state index is -0.423. The molecule has 0 fully saturated rings. The van der Waals surface area contributed by atoms with Crippen LogP contribution in [0.25, 0.3) is 0 Å². The van der Waals surface area contributed by atoms with E-state index in [1.54, 1.807) is 31.4 Å². The first-order valence-electron chi connectivity index (χ1n) is 8.52. The molecule has 1 heterocycles. The van der Waals surface area contributed by atoms with Crippen LogP contribution in [0.2, 0.25) is 0 Å². The molecular weight excluding hydrogens is 348 g/mol. The number of aromatic amines is 1. The number of amides is 1. The average Bonchev–Trinajstić information content (AvgIpc) is 2.62. The van der Waals surface area contributed by atoms with Gasteiger partial charge in [-0.05, 0) is 38.1 Å². The molecule has 5 N–H and O–H groups in total. The first kappa shape index (κ1) is 20.0. The summed E-state index contributed by atoms with van der Waals surface area (Å²) in [5, 5.41) is 16.1. The highest BCUT2D eigenvalue weighted by Crippen LogP contribution is 2.15. The van der Waals surface area contributed by atoms with Gasteiger partial charge >= 0.3 is 0 Å². The number of anilines is 3. The van der Waals surface area contributed by atoms with Gasteiger partial charge in [0.2, 0.25) is 11.9 Å². The van der Waals surface area contributed by atoms with Crippen LogP contribution in [0.3, 0.4) is 0 Å². The fourth-order valence-corrected chi connectivity index (χ4v) is 2.28. The van der Waals surface area contributed by atoms with Crippen LogP contribution in [0.4, 0.5) is 17.5 Å². The van der Waals surface area contributed by atoms with Crippen LogP contribution in [-0.4, -0.2) is 41.8 Å². The number of ether oxygens (including phenoxy) is 1. The van der Waals surface area contributed by atoms with Crippen LogP contribution in [0.1, 0.15) is 25.8 Å². The molecule has 1 aromatic carbocycles. The van der Waals surface area contributed by atoms with Gasteiger partial charge in [-0.3, -0.25) is 14.6 Å². The van der Waals surface area contributed by atoms with Gasteiger partial charge < -0.3 is 26.1 Å². The van der Waals surface area contributed by atoms with Crippen molar-refractivity contribution in [3.8, 4) is 5.75 Å². The molecule has 9 nitrogen and oxygen atoms in total. The molecule has 0 atom stereocenters. The van der Waals surface area contributed by atoms with Gasteiger partial charge in [0.05, 0.1) is 12.7 Å². The second-order valence-electron chi connectivity index (χ2n) is 6.07. The monoisotopic (exact) mass is 372 g/mol. The predicted molar refractivity (Wildman–Crippen MR) is 106 cm³/mol. The zero-order chi connectivity index (χ0) is 19.8. The van der Waals surface area contributed by atoms with Gasteiger partial charge in [0.1, 0.15) is 11.6 Å². The third kappa shape index (κ3) is 5.84. The van der Waals surface area contributed by atoms with E-state index >= 15 is 0 Å². The summed E-state index contributed by atoms with van der Waals surface area (Å²) in [7, 11) is 1.58. The van der Waals surface area contributed by atoms with Gasteiger partial charge in [0.15, 0.2) is 0 Å². The molecule has 144 valence electrons. The second kappa shape index (κ2) is 9.37. The number of nitrogens with zero attached hydrogens (tertiary/aromatic N) is 1. The van der Waals surface area contributed by atoms with Crippen molar-refractivity contribution in [2.24, 2.45) is 0 Å². The molecule has 0 aliphatic heterocycles. The molecule has 0 aliphatic rings. The van der Waals surface area contributed by atoms with Crippen LogP contribution in [0.5, 0.6) is 5.75 Å². The Morgan fingerprint density at radius 2 is 2.04 bits per heavy atom. The molecule has 1 amide bonds. The lowest BCUT2D eigenvalue weighted by Gasteiger charge is -2.13. The van der Waals surface area contributed by atoms with Gasteiger partial charge in [-0.1, -0.05) is 0 Å². The van der Waals surface area contributed by atoms with Crippen molar-refractivity contribution in [3.05, 3.63) is 40.2 Å². The first-order chi connectivity index (χ1) is 12.9. The highest BCUT2D eigenvalue weighted by atomic mass is 16.5. The van der Waals surface area contributed by atoms with Gasteiger partial charge in [0.25, 0.3) is 5.56 Å². The highest BCUT2D eigenvalue weighted by molar-refractivity contribution is 5.91. The number of H-pyrrole nitrogens is 1. The smallest absolute Gasteiger partial charge is 0.263 e. The van der Waals surface area contributed by atoms with Gasteiger partial charge in [-0.25, -0.2) is 0 Å². The molecule has 2 rings (SSSR count). The van der Waals surface area contributed by atoms with Crippen molar-refractivity contribution in [2.75, 3.05) is 29.6 Å². The molecule has 2 aromatic rings. The number of hydrogen-bond acceptors (Lipinski definition) is 7. The minimum absolute atomic E-state index is 0.0566. The molecular formula is C18H24N6O3. The minimum Gasteiger partial charge on any atom is -0.497 e. The Morgan fingerprint density at radius 3 is 2.63 bits per heavy atom. The summed E-state index contributed by atoms with van der Waals surface area (Å²) < 4.78 is 5.07. The second-order valence-corrected chi connectivity index (χ2v) is 6.07. The third-order valence-corrected chi connectivity index (χ3v) is 3.54. The van der Waals surface area contributed by atoms with Crippen LogP contribution in [0, 0.1) is 5.41 Å². The largest absolute Gasteiger partial charge is 0.497 e. The van der Waals surface area contributed by atoms with Gasteiger partial charge in [-0.2, -0.15) is 4.98 Å². The van der Waals surface area contributed by atoms with Crippen LogP contribution in [-0.2, 0) is 4.79 Å². The maximum atomic E-state index is 12.0. The van der Waals surface area contributed by atoms with E-state index in [1.807, 2.05) is 13.8 Å². The topological polar surface area (TPSA) is 132 Å². The summed E-state index contributed by atoms with van der Waals surface area (Å²) >= 11 is 0. The number of carbonyl (C=O) groups is 1. The average molecular weight is 372 g/mol. The lowest BCUT2D eigenvalue weighted by Crippen LogP contribution is -2.24. The summed E-state index contributed by atoms with van der Waals surface area (Å²) in [5.74, 6) is 1.11. The number of rotatable bonds is 9. The van der Waals surface area contributed by atoms with E-state index in [-0.39, 0.29) is 36.4 Å². The van der Waals surface area contributed by atoms with Crippen LogP contribution in [0.15, 0.2) is 29.1 Å². The van der Waals surface area contributed by atoms with E-state index < -0.39 is 5.56 Å². The van der Waals surface area contributed by atoms with Crippen molar-refractivity contribution >= 4 is 29.6 Å². The number of nitrogens with one attached hydrogen (secondary N) is 5. The van der Waals surface area contributed by atoms with E-state index in [0.29, 0.717) is 17.3 Å². The zero-order valence-electron chi connectivity index (χ0n) is 15.6. The van der Waals surface area contributed by atoms with E-state index in [0.717, 1.165) is 6.21 Å². The maximum absolute atomic E-state index is 12.0. The fraction of sp³-hybridized carbons (Fsp3) is 0.333. The van der Waals surface area contributed by atoms with Crippen molar-refractivity contribution in [1.82, 2.24) is 9.97 Å². The third-order valence-electron chi connectivity index (χ3n) is 3.54. The Kier molecular flexibility index (Phi) is 6.93. The Hall–Kier alpha value is -3.36. The standard InChI is InChI=1S/C18H24N6O3/c1-11(2)21-16-14(10-19)17(26)24-18(23-16)20-9-8-15(25)22-12-4-6-13(27-3)7-5-12/h4-7,10-11,19H,8-9H2,1-3H3,(H,22,25)(H3,20,21,23,24,26). The van der Waals surface area contributed by atoms with Crippen molar-refractivity contribution in [3.63, 3.8) is 0 Å². The number of aromatic nitrogens is 2. The van der Waals surface area contributed by atoms with E-state index in [1.165, 1.54) is 0 Å². The van der Waals surface area contributed by atoms with E-state index in [9.17, 15) is 9.59 Å². The summed E-state index contributed by atoms with van der Waals surface area (Å²) in [4.78, 5) is 30.9. The molecule has 9 heteroatoms. The SMILES string of the molecule is COc1ccc(NC(=O)CCNc2nc(NC(C)C)c(C=N)c(=O)[nH]2)cc1. The Balaban J connectivity index is 1.93. The van der Waals surface area contributed by atoms with E-state index in [2.05, 4.69) is 25.9 Å². The summed E-state index contributed by atoms with van der Waals surface area (Å²) in [6.07, 6.45) is 1.15. The number of carbonyl (C=O) groups excluding carboxylic acids is 1. The zero-order valence-corrected chi connectivity index (χ0v) is 15.6. The Labute approximate surface area is 157 Å². The summed E-state index contributed by atoms with van der Waals surface area (Å²) in [6.45, 7) is 4.11. The molecule has 1 aromatic heterocycles. The molecule has 0 radical (unpaired) electrons. The number of benzene rings is 1. The summed E-state index contributed by atoms with van der Waals surface area (Å²) in [5.41, 5.74) is 0.408. The van der Waals surface area contributed by atoms with Gasteiger partial charge in [0, 0.05) is 30.9 Å². The lowest BCUT2D eigenvalue weighted by atomic mass is 10.3. The van der Waals surface area contributed by atoms with Crippen LogP contribution < -0.4 is 26.2 Å². The predicted octanol–water partition coefficient (Wildman–Crippen LogP) is 2.04. The molecule has 0 saturated carbocycles. The molecule has 0 bridgehead atoms. The van der Waals surface area contributed by atoms with E-state index in [4.69, 9.17) is 10.1 Å². The molecule has 0 saturated heterocycles. The lowest BCUT2D eigenvalue weighted by molar-refractivity contribution is -0.115. The summed E-state index contributed by atoms with van der Waals surface area (Å²) in [6, 6.07) is 7.08. The number of methoxy groups -OCH3 is 1. The Morgan fingerprint density at radius 1 is 1.33 bits per heavy atom. The normalized spacial score (nSPS) is 10.4. The van der Waals surface area contributed by atoms with Crippen molar-refractivity contribution in [1.29, 1.82) is 5.41 Å². The van der Waals surface area contributed by atoms with Gasteiger partial charge in [-0.15, -0.1) is 0 Å². The number of hydrogen-bond donors (Lipinski definition) is 5. The molecule has 0 unspecified atom stereocenters. The maximum Gasteiger partial charge on any atom is 0.263 e. The molecule has 0 spiro atoms. The fourth-order valence-electron chi connectivity index (χ4n) is 2.28. The Bertz CT molecular complexity index is 845. The first-order valence-corrected chi connectivity index (χ1v) is 8.52. The van der Waals surface area contributed by atoms with Crippen molar-refractivity contribution < 1.29 is 9.53 Å². The quantitative estimate of drug-likeness (QED) is 0.428. The molecule has 27 heavy (non-hydrogen) atoms. The highest BCUT2D eigenvalue weighted by Gasteiger charge is 2.11. The molecule has 0 aliphatic carbocycles. The van der Waals surface area contributed by atoms with Crippen molar-refractivity contribution in [2.45, 2.75) is 26.3 Å².